The Morgan fingerprint density at radius 2 is 2.16 bits per heavy atom. The molecular weight excluding hydrogens is 248 g/mol. The average molecular weight is 270 g/mol. The summed E-state index contributed by atoms with van der Waals surface area (Å²) in [6, 6.07) is -0.266. The van der Waals surface area contributed by atoms with Gasteiger partial charge in [-0.3, -0.25) is 4.79 Å². The van der Waals surface area contributed by atoms with Crippen LogP contribution in [0.3, 0.4) is 0 Å². The van der Waals surface area contributed by atoms with Crippen molar-refractivity contribution in [3.05, 3.63) is 12.2 Å². The second kappa shape index (κ2) is 7.78. The quantitative estimate of drug-likeness (QED) is 0.478. The van der Waals surface area contributed by atoms with E-state index in [-0.39, 0.29) is 24.5 Å². The highest BCUT2D eigenvalue weighted by molar-refractivity contribution is 5.73. The number of urea groups is 1. The molecule has 108 valence electrons. The zero-order valence-electron chi connectivity index (χ0n) is 11.3. The van der Waals surface area contributed by atoms with Gasteiger partial charge < -0.3 is 20.5 Å². The standard InChI is InChI=1S/C13H22N2O4/c1-9(2)12-10(5-7-19-12)8-15-13(18)14-6-3-4-11(16)17/h10,12H,1,3-8H2,2H3,(H,16,17)(H2,14,15,18). The van der Waals surface area contributed by atoms with E-state index in [2.05, 4.69) is 17.2 Å². The van der Waals surface area contributed by atoms with Crippen molar-refractivity contribution in [2.45, 2.75) is 32.3 Å². The van der Waals surface area contributed by atoms with Crippen molar-refractivity contribution in [3.8, 4) is 0 Å². The molecule has 0 bridgehead atoms. The molecule has 0 aromatic heterocycles. The molecule has 1 rings (SSSR count). The lowest BCUT2D eigenvalue weighted by molar-refractivity contribution is -0.137. The van der Waals surface area contributed by atoms with Crippen LogP contribution in [-0.2, 0) is 9.53 Å². The zero-order valence-corrected chi connectivity index (χ0v) is 11.3. The van der Waals surface area contributed by atoms with Gasteiger partial charge in [-0.15, -0.1) is 0 Å². The molecule has 0 aromatic rings. The number of amides is 2. The molecule has 3 N–H and O–H groups in total. The molecule has 0 radical (unpaired) electrons. The van der Waals surface area contributed by atoms with Crippen LogP contribution in [-0.4, -0.2) is 42.9 Å². The predicted molar refractivity (Wildman–Crippen MR) is 70.9 cm³/mol. The maximum atomic E-state index is 11.5. The number of rotatable bonds is 7. The van der Waals surface area contributed by atoms with Crippen LogP contribution >= 0.6 is 0 Å². The van der Waals surface area contributed by atoms with Crippen molar-refractivity contribution in [3.63, 3.8) is 0 Å². The summed E-state index contributed by atoms with van der Waals surface area (Å²) in [6.07, 6.45) is 1.43. The fourth-order valence-electron chi connectivity index (χ4n) is 2.12. The molecule has 1 saturated heterocycles. The summed E-state index contributed by atoms with van der Waals surface area (Å²) in [6.45, 7) is 7.42. The van der Waals surface area contributed by atoms with Crippen LogP contribution in [0.2, 0.25) is 0 Å². The molecule has 1 aliphatic heterocycles. The SMILES string of the molecule is C=C(C)C1OCCC1CNC(=O)NCCCC(=O)O. The third-order valence-electron chi connectivity index (χ3n) is 3.08. The Morgan fingerprint density at radius 3 is 2.79 bits per heavy atom. The fourth-order valence-corrected chi connectivity index (χ4v) is 2.12. The van der Waals surface area contributed by atoms with E-state index in [1.165, 1.54) is 0 Å². The summed E-state index contributed by atoms with van der Waals surface area (Å²) in [5.41, 5.74) is 0.978. The summed E-state index contributed by atoms with van der Waals surface area (Å²) < 4.78 is 5.55. The number of carbonyl (C=O) groups is 2. The van der Waals surface area contributed by atoms with Crippen molar-refractivity contribution in [2.24, 2.45) is 5.92 Å². The molecule has 0 aliphatic carbocycles. The first-order valence-corrected chi connectivity index (χ1v) is 6.51. The number of carbonyl (C=O) groups excluding carboxylic acids is 1. The second-order valence-electron chi connectivity index (χ2n) is 4.82. The minimum Gasteiger partial charge on any atom is -0.481 e. The molecule has 1 aliphatic rings. The first-order chi connectivity index (χ1) is 9.00. The highest BCUT2D eigenvalue weighted by Crippen LogP contribution is 2.24. The van der Waals surface area contributed by atoms with Gasteiger partial charge >= 0.3 is 12.0 Å². The first kappa shape index (κ1) is 15.5. The highest BCUT2D eigenvalue weighted by Gasteiger charge is 2.28. The average Bonchev–Trinajstić information content (AvgIpc) is 2.80. The maximum absolute atomic E-state index is 11.5. The van der Waals surface area contributed by atoms with Gasteiger partial charge in [-0.05, 0) is 19.8 Å². The molecule has 2 unspecified atom stereocenters. The van der Waals surface area contributed by atoms with Crippen LogP contribution in [0.4, 0.5) is 4.79 Å². The van der Waals surface area contributed by atoms with Crippen molar-refractivity contribution >= 4 is 12.0 Å². The van der Waals surface area contributed by atoms with Crippen molar-refractivity contribution in [1.29, 1.82) is 0 Å². The van der Waals surface area contributed by atoms with E-state index in [0.717, 1.165) is 12.0 Å². The summed E-state index contributed by atoms with van der Waals surface area (Å²) >= 11 is 0. The summed E-state index contributed by atoms with van der Waals surface area (Å²) in [5, 5.41) is 13.9. The van der Waals surface area contributed by atoms with Gasteiger partial charge in [0.2, 0.25) is 0 Å². The second-order valence-corrected chi connectivity index (χ2v) is 4.82. The largest absolute Gasteiger partial charge is 0.481 e. The van der Waals surface area contributed by atoms with Crippen molar-refractivity contribution < 1.29 is 19.4 Å². The normalized spacial score (nSPS) is 21.9. The van der Waals surface area contributed by atoms with E-state index in [0.29, 0.717) is 26.1 Å². The third kappa shape index (κ3) is 5.74. The molecule has 1 fully saturated rings. The molecule has 0 spiro atoms. The molecule has 6 nitrogen and oxygen atoms in total. The van der Waals surface area contributed by atoms with Gasteiger partial charge in [0.1, 0.15) is 0 Å². The Balaban J connectivity index is 2.16. The molecule has 0 saturated carbocycles. The van der Waals surface area contributed by atoms with E-state index in [9.17, 15) is 9.59 Å². The van der Waals surface area contributed by atoms with Gasteiger partial charge in [0.15, 0.2) is 0 Å². The Kier molecular flexibility index (Phi) is 6.35. The number of hydrogen-bond acceptors (Lipinski definition) is 3. The van der Waals surface area contributed by atoms with Gasteiger partial charge in [-0.25, -0.2) is 4.79 Å². The van der Waals surface area contributed by atoms with Crippen LogP contribution in [0.1, 0.15) is 26.2 Å². The zero-order chi connectivity index (χ0) is 14.3. The number of carboxylic acids is 1. The highest BCUT2D eigenvalue weighted by atomic mass is 16.5. The van der Waals surface area contributed by atoms with Gasteiger partial charge in [0.25, 0.3) is 0 Å². The molecule has 19 heavy (non-hydrogen) atoms. The summed E-state index contributed by atoms with van der Waals surface area (Å²) in [4.78, 5) is 21.8. The number of carboxylic acid groups (broad SMARTS) is 1. The van der Waals surface area contributed by atoms with Crippen LogP contribution in [0.5, 0.6) is 0 Å². The van der Waals surface area contributed by atoms with Crippen LogP contribution < -0.4 is 10.6 Å². The summed E-state index contributed by atoms with van der Waals surface area (Å²) in [7, 11) is 0. The van der Waals surface area contributed by atoms with Crippen LogP contribution in [0.15, 0.2) is 12.2 Å². The van der Waals surface area contributed by atoms with Gasteiger partial charge in [-0.1, -0.05) is 12.2 Å². The minimum absolute atomic E-state index is 0.0207. The molecule has 2 amide bonds. The Hall–Kier alpha value is -1.56. The molecule has 2 atom stereocenters. The predicted octanol–water partition coefficient (Wildman–Crippen LogP) is 1.13. The van der Waals surface area contributed by atoms with Crippen LogP contribution in [0, 0.1) is 5.92 Å². The molecule has 1 heterocycles. The minimum atomic E-state index is -0.852. The van der Waals surface area contributed by atoms with E-state index in [4.69, 9.17) is 9.84 Å². The van der Waals surface area contributed by atoms with Crippen molar-refractivity contribution in [2.75, 3.05) is 19.7 Å². The van der Waals surface area contributed by atoms with Crippen LogP contribution in [0.25, 0.3) is 0 Å². The Morgan fingerprint density at radius 1 is 1.42 bits per heavy atom. The lowest BCUT2D eigenvalue weighted by Gasteiger charge is -2.19. The third-order valence-corrected chi connectivity index (χ3v) is 3.08. The number of aliphatic carboxylic acids is 1. The number of nitrogens with one attached hydrogen (secondary N) is 2. The van der Waals surface area contributed by atoms with Crippen molar-refractivity contribution in [1.82, 2.24) is 10.6 Å². The fraction of sp³-hybridized carbons (Fsp3) is 0.692. The number of ether oxygens (including phenoxy) is 1. The lowest BCUT2D eigenvalue weighted by Crippen LogP contribution is -2.40. The van der Waals surface area contributed by atoms with E-state index < -0.39 is 5.97 Å². The topological polar surface area (TPSA) is 87.7 Å². The molecular formula is C13H22N2O4. The maximum Gasteiger partial charge on any atom is 0.314 e. The van der Waals surface area contributed by atoms with Gasteiger partial charge in [-0.2, -0.15) is 0 Å². The first-order valence-electron chi connectivity index (χ1n) is 6.51. The Bertz CT molecular complexity index is 344. The van der Waals surface area contributed by atoms with E-state index >= 15 is 0 Å². The van der Waals surface area contributed by atoms with Gasteiger partial charge in [0, 0.05) is 32.0 Å². The van der Waals surface area contributed by atoms with E-state index in [1.54, 1.807) is 0 Å². The Labute approximate surface area is 113 Å². The smallest absolute Gasteiger partial charge is 0.314 e. The lowest BCUT2D eigenvalue weighted by atomic mass is 9.97. The van der Waals surface area contributed by atoms with E-state index in [1.807, 2.05) is 6.92 Å². The monoisotopic (exact) mass is 270 g/mol. The number of hydrogen-bond donors (Lipinski definition) is 3. The molecule has 6 heteroatoms. The summed E-state index contributed by atoms with van der Waals surface area (Å²) in [5.74, 6) is -0.586. The van der Waals surface area contributed by atoms with Gasteiger partial charge in [0.05, 0.1) is 6.10 Å². The molecule has 0 aromatic carbocycles.